The van der Waals surface area contributed by atoms with Gasteiger partial charge >= 0.3 is 0 Å². The summed E-state index contributed by atoms with van der Waals surface area (Å²) in [6.45, 7) is 3.07. The average molecular weight is 289 g/mol. The van der Waals surface area contributed by atoms with Crippen molar-refractivity contribution < 1.29 is 17.6 Å². The predicted molar refractivity (Wildman–Crippen MR) is 70.0 cm³/mol. The third-order valence-corrected chi connectivity index (χ3v) is 3.61. The van der Waals surface area contributed by atoms with Crippen molar-refractivity contribution >= 4 is 15.9 Å². The lowest BCUT2D eigenvalue weighted by molar-refractivity contribution is -0.120. The molecule has 0 fully saturated rings. The molecule has 0 saturated carbocycles. The molecule has 19 heavy (non-hydrogen) atoms. The SMILES string of the molecule is CCCNC(=O)CNCc1ccc(S(=O)(=O)NC)o1. The Morgan fingerprint density at radius 1 is 1.37 bits per heavy atom. The van der Waals surface area contributed by atoms with Gasteiger partial charge in [0.1, 0.15) is 5.76 Å². The monoisotopic (exact) mass is 289 g/mol. The zero-order valence-corrected chi connectivity index (χ0v) is 11.8. The number of furan rings is 1. The second-order valence-electron chi connectivity index (χ2n) is 3.88. The molecule has 0 aliphatic rings. The fourth-order valence-corrected chi connectivity index (χ4v) is 1.99. The molecule has 108 valence electrons. The summed E-state index contributed by atoms with van der Waals surface area (Å²) in [4.78, 5) is 11.3. The van der Waals surface area contributed by atoms with Gasteiger partial charge in [-0.3, -0.25) is 4.79 Å². The van der Waals surface area contributed by atoms with Crippen LogP contribution in [0.2, 0.25) is 0 Å². The molecule has 3 N–H and O–H groups in total. The summed E-state index contributed by atoms with van der Waals surface area (Å²) >= 11 is 0. The van der Waals surface area contributed by atoms with Gasteiger partial charge in [0.25, 0.3) is 10.0 Å². The van der Waals surface area contributed by atoms with Crippen molar-refractivity contribution in [1.29, 1.82) is 0 Å². The van der Waals surface area contributed by atoms with E-state index in [-0.39, 0.29) is 17.5 Å². The molecule has 0 aliphatic carbocycles. The van der Waals surface area contributed by atoms with Crippen molar-refractivity contribution in [2.75, 3.05) is 20.1 Å². The van der Waals surface area contributed by atoms with Gasteiger partial charge < -0.3 is 15.1 Å². The van der Waals surface area contributed by atoms with Crippen LogP contribution in [-0.2, 0) is 21.4 Å². The molecule has 0 radical (unpaired) electrons. The second-order valence-corrected chi connectivity index (χ2v) is 5.70. The Kier molecular flexibility index (Phi) is 6.00. The van der Waals surface area contributed by atoms with Crippen molar-refractivity contribution in [1.82, 2.24) is 15.4 Å². The van der Waals surface area contributed by atoms with E-state index < -0.39 is 10.0 Å². The van der Waals surface area contributed by atoms with Crippen LogP contribution in [0.5, 0.6) is 0 Å². The van der Waals surface area contributed by atoms with E-state index in [4.69, 9.17) is 4.42 Å². The number of rotatable bonds is 8. The number of nitrogens with one attached hydrogen (secondary N) is 3. The molecule has 0 aliphatic heterocycles. The summed E-state index contributed by atoms with van der Waals surface area (Å²) in [5.74, 6) is 0.355. The Bertz CT molecular complexity index is 510. The summed E-state index contributed by atoms with van der Waals surface area (Å²) in [6, 6.07) is 2.93. The number of amides is 1. The van der Waals surface area contributed by atoms with E-state index in [2.05, 4.69) is 15.4 Å². The molecule has 8 heteroatoms. The normalized spacial score (nSPS) is 11.5. The summed E-state index contributed by atoms with van der Waals surface area (Å²) < 4.78 is 30.2. The number of carbonyl (C=O) groups excluding carboxylic acids is 1. The molecular formula is C11H19N3O4S. The lowest BCUT2D eigenvalue weighted by atomic mass is 10.4. The van der Waals surface area contributed by atoms with E-state index in [1.807, 2.05) is 6.92 Å². The van der Waals surface area contributed by atoms with E-state index in [1.165, 1.54) is 13.1 Å². The van der Waals surface area contributed by atoms with Crippen molar-refractivity contribution in [3.05, 3.63) is 17.9 Å². The first-order chi connectivity index (χ1) is 8.99. The molecule has 0 unspecified atom stereocenters. The highest BCUT2D eigenvalue weighted by Gasteiger charge is 2.16. The molecule has 1 amide bonds. The fourth-order valence-electron chi connectivity index (χ4n) is 1.32. The number of hydrogen-bond donors (Lipinski definition) is 3. The minimum atomic E-state index is -3.55. The molecular weight excluding hydrogens is 270 g/mol. The van der Waals surface area contributed by atoms with Crippen molar-refractivity contribution in [3.8, 4) is 0 Å². The quantitative estimate of drug-likeness (QED) is 0.615. The summed E-state index contributed by atoms with van der Waals surface area (Å²) in [7, 11) is -2.24. The molecule has 0 bridgehead atoms. The summed E-state index contributed by atoms with van der Waals surface area (Å²) in [5.41, 5.74) is 0. The maximum atomic E-state index is 11.4. The largest absolute Gasteiger partial charge is 0.447 e. The standard InChI is InChI=1S/C11H19N3O4S/c1-3-6-14-10(15)8-13-7-9-4-5-11(18-9)19(16,17)12-2/h4-5,12-13H,3,6-8H2,1-2H3,(H,14,15). The van der Waals surface area contributed by atoms with Gasteiger partial charge in [0, 0.05) is 6.54 Å². The molecule has 0 atom stereocenters. The first-order valence-electron chi connectivity index (χ1n) is 5.99. The van der Waals surface area contributed by atoms with Crippen LogP contribution in [0.15, 0.2) is 21.6 Å². The molecule has 0 saturated heterocycles. The van der Waals surface area contributed by atoms with Gasteiger partial charge in [-0.15, -0.1) is 0 Å². The molecule has 1 heterocycles. The van der Waals surface area contributed by atoms with Crippen LogP contribution in [0.3, 0.4) is 0 Å². The third kappa shape index (κ3) is 5.01. The van der Waals surface area contributed by atoms with Gasteiger partial charge in [0.05, 0.1) is 13.1 Å². The van der Waals surface area contributed by atoms with E-state index in [9.17, 15) is 13.2 Å². The minimum Gasteiger partial charge on any atom is -0.447 e. The molecule has 0 aromatic carbocycles. The van der Waals surface area contributed by atoms with Crippen molar-refractivity contribution in [3.63, 3.8) is 0 Å². The van der Waals surface area contributed by atoms with Crippen LogP contribution in [0.4, 0.5) is 0 Å². The zero-order chi connectivity index (χ0) is 14.3. The Morgan fingerprint density at radius 3 is 2.74 bits per heavy atom. The van der Waals surface area contributed by atoms with Crippen LogP contribution in [0.25, 0.3) is 0 Å². The topological polar surface area (TPSA) is 100 Å². The van der Waals surface area contributed by atoms with Crippen LogP contribution >= 0.6 is 0 Å². The van der Waals surface area contributed by atoms with Crippen LogP contribution in [-0.4, -0.2) is 34.5 Å². The molecule has 1 aromatic heterocycles. The predicted octanol–water partition coefficient (Wildman–Crippen LogP) is -0.196. The van der Waals surface area contributed by atoms with Crippen LogP contribution in [0, 0.1) is 0 Å². The lowest BCUT2D eigenvalue weighted by Crippen LogP contribution is -2.33. The number of carbonyl (C=O) groups is 1. The first-order valence-corrected chi connectivity index (χ1v) is 7.47. The second kappa shape index (κ2) is 7.27. The van der Waals surface area contributed by atoms with E-state index in [0.717, 1.165) is 6.42 Å². The Morgan fingerprint density at radius 2 is 2.11 bits per heavy atom. The maximum Gasteiger partial charge on any atom is 0.273 e. The van der Waals surface area contributed by atoms with Gasteiger partial charge in [-0.2, -0.15) is 0 Å². The first kappa shape index (κ1) is 15.7. The van der Waals surface area contributed by atoms with Crippen molar-refractivity contribution in [2.45, 2.75) is 25.0 Å². The summed E-state index contributed by atoms with van der Waals surface area (Å²) in [5, 5.41) is 5.45. The third-order valence-electron chi connectivity index (χ3n) is 2.33. The highest BCUT2D eigenvalue weighted by atomic mass is 32.2. The Hall–Kier alpha value is -1.38. The Balaban J connectivity index is 2.41. The lowest BCUT2D eigenvalue weighted by Gasteiger charge is -2.04. The smallest absolute Gasteiger partial charge is 0.273 e. The highest BCUT2D eigenvalue weighted by molar-refractivity contribution is 7.89. The number of hydrogen-bond acceptors (Lipinski definition) is 5. The highest BCUT2D eigenvalue weighted by Crippen LogP contribution is 2.12. The van der Waals surface area contributed by atoms with E-state index >= 15 is 0 Å². The summed E-state index contributed by atoms with van der Waals surface area (Å²) in [6.07, 6.45) is 0.884. The zero-order valence-electron chi connectivity index (χ0n) is 11.0. The van der Waals surface area contributed by atoms with Crippen LogP contribution < -0.4 is 15.4 Å². The average Bonchev–Trinajstić information content (AvgIpc) is 2.86. The van der Waals surface area contributed by atoms with E-state index in [1.54, 1.807) is 6.07 Å². The van der Waals surface area contributed by atoms with Gasteiger partial charge in [-0.25, -0.2) is 13.1 Å². The Labute approximate surface area is 112 Å². The van der Waals surface area contributed by atoms with Gasteiger partial charge in [-0.05, 0) is 25.6 Å². The maximum absolute atomic E-state index is 11.4. The van der Waals surface area contributed by atoms with Gasteiger partial charge in [-0.1, -0.05) is 6.92 Å². The minimum absolute atomic E-state index is 0.100. The molecule has 7 nitrogen and oxygen atoms in total. The van der Waals surface area contributed by atoms with Gasteiger partial charge in [0.15, 0.2) is 0 Å². The van der Waals surface area contributed by atoms with E-state index in [0.29, 0.717) is 18.8 Å². The van der Waals surface area contributed by atoms with Crippen LogP contribution in [0.1, 0.15) is 19.1 Å². The fraction of sp³-hybridized carbons (Fsp3) is 0.545. The number of sulfonamides is 1. The van der Waals surface area contributed by atoms with Crippen molar-refractivity contribution in [2.24, 2.45) is 0 Å². The molecule has 0 spiro atoms. The van der Waals surface area contributed by atoms with Gasteiger partial charge in [0.2, 0.25) is 11.0 Å². The molecule has 1 rings (SSSR count). The molecule has 1 aromatic rings.